The van der Waals surface area contributed by atoms with Crippen LogP contribution in [0.25, 0.3) is 0 Å². The zero-order chi connectivity index (χ0) is 14.0. The standard InChI is InChI=1S/C13H18N4O2/c1-3-8-9(5-14)13(16-15-10(8)4-2)17-6-11(18)12(19)7-17/h11-12,18-19H,3-4,6-7H2,1-2H3. The number of aryl methyl sites for hydroxylation is 1. The molecule has 1 aliphatic heterocycles. The molecular weight excluding hydrogens is 244 g/mol. The van der Waals surface area contributed by atoms with Gasteiger partial charge in [0.25, 0.3) is 0 Å². The molecule has 0 amide bonds. The Morgan fingerprint density at radius 3 is 2.32 bits per heavy atom. The van der Waals surface area contributed by atoms with Crippen molar-refractivity contribution in [3.63, 3.8) is 0 Å². The highest BCUT2D eigenvalue weighted by atomic mass is 16.3. The number of anilines is 1. The van der Waals surface area contributed by atoms with Gasteiger partial charge in [0, 0.05) is 13.1 Å². The summed E-state index contributed by atoms with van der Waals surface area (Å²) in [5.41, 5.74) is 2.25. The summed E-state index contributed by atoms with van der Waals surface area (Å²) in [5, 5.41) is 36.8. The Morgan fingerprint density at radius 2 is 1.84 bits per heavy atom. The minimum atomic E-state index is -0.802. The van der Waals surface area contributed by atoms with Crippen molar-refractivity contribution in [3.8, 4) is 6.07 Å². The van der Waals surface area contributed by atoms with Gasteiger partial charge in [0.2, 0.25) is 0 Å². The number of aliphatic hydroxyl groups excluding tert-OH is 2. The number of hydrogen-bond donors (Lipinski definition) is 2. The first-order chi connectivity index (χ1) is 9.12. The van der Waals surface area contributed by atoms with Crippen LogP contribution < -0.4 is 4.90 Å². The SMILES string of the molecule is CCc1nnc(N2CC(O)C(O)C2)c(C#N)c1CC. The average Bonchev–Trinajstić information content (AvgIpc) is 2.76. The van der Waals surface area contributed by atoms with Crippen molar-refractivity contribution < 1.29 is 10.2 Å². The molecule has 2 heterocycles. The molecule has 2 atom stereocenters. The van der Waals surface area contributed by atoms with Crippen LogP contribution in [0.3, 0.4) is 0 Å². The monoisotopic (exact) mass is 262 g/mol. The van der Waals surface area contributed by atoms with Gasteiger partial charge < -0.3 is 15.1 Å². The molecule has 0 spiro atoms. The molecule has 0 bridgehead atoms. The zero-order valence-corrected chi connectivity index (χ0v) is 11.2. The van der Waals surface area contributed by atoms with Crippen molar-refractivity contribution in [1.82, 2.24) is 10.2 Å². The highest BCUT2D eigenvalue weighted by Gasteiger charge is 2.32. The summed E-state index contributed by atoms with van der Waals surface area (Å²) < 4.78 is 0. The van der Waals surface area contributed by atoms with Crippen molar-refractivity contribution in [2.45, 2.75) is 38.9 Å². The molecule has 1 aliphatic rings. The highest BCUT2D eigenvalue weighted by Crippen LogP contribution is 2.26. The number of aliphatic hydroxyl groups is 2. The Labute approximate surface area is 112 Å². The van der Waals surface area contributed by atoms with E-state index in [4.69, 9.17) is 0 Å². The number of aromatic nitrogens is 2. The van der Waals surface area contributed by atoms with Crippen molar-refractivity contribution in [3.05, 3.63) is 16.8 Å². The van der Waals surface area contributed by atoms with Crippen LogP contribution in [-0.4, -0.2) is 45.7 Å². The molecule has 6 heteroatoms. The quantitative estimate of drug-likeness (QED) is 0.797. The van der Waals surface area contributed by atoms with Crippen LogP contribution in [-0.2, 0) is 12.8 Å². The fourth-order valence-corrected chi connectivity index (χ4v) is 2.44. The zero-order valence-electron chi connectivity index (χ0n) is 11.2. The number of β-amino-alcohol motifs (C(OH)–C–C–N with tert-alkyl or cyclic N) is 2. The summed E-state index contributed by atoms with van der Waals surface area (Å²) in [7, 11) is 0. The van der Waals surface area contributed by atoms with E-state index < -0.39 is 12.2 Å². The van der Waals surface area contributed by atoms with E-state index in [9.17, 15) is 15.5 Å². The third kappa shape index (κ3) is 2.39. The Bertz CT molecular complexity index is 502. The summed E-state index contributed by atoms with van der Waals surface area (Å²) in [6, 6.07) is 2.19. The van der Waals surface area contributed by atoms with Gasteiger partial charge in [0.05, 0.1) is 17.9 Å². The first-order valence-electron chi connectivity index (χ1n) is 6.51. The maximum atomic E-state index is 9.60. The minimum absolute atomic E-state index is 0.277. The maximum absolute atomic E-state index is 9.60. The van der Waals surface area contributed by atoms with Gasteiger partial charge in [-0.15, -0.1) is 5.10 Å². The fraction of sp³-hybridized carbons (Fsp3) is 0.615. The van der Waals surface area contributed by atoms with Gasteiger partial charge in [-0.25, -0.2) is 0 Å². The molecule has 2 N–H and O–H groups in total. The van der Waals surface area contributed by atoms with Crippen LogP contribution in [0.4, 0.5) is 5.82 Å². The van der Waals surface area contributed by atoms with E-state index in [1.807, 2.05) is 13.8 Å². The van der Waals surface area contributed by atoms with Crippen LogP contribution in [0.2, 0.25) is 0 Å². The topological polar surface area (TPSA) is 93.3 Å². The van der Waals surface area contributed by atoms with Crippen LogP contribution in [0.1, 0.15) is 30.7 Å². The van der Waals surface area contributed by atoms with E-state index in [1.54, 1.807) is 4.90 Å². The molecule has 0 aliphatic carbocycles. The fourth-order valence-electron chi connectivity index (χ4n) is 2.44. The van der Waals surface area contributed by atoms with Crippen molar-refractivity contribution >= 4 is 5.82 Å². The number of hydrogen-bond acceptors (Lipinski definition) is 6. The molecule has 0 saturated carbocycles. The van der Waals surface area contributed by atoms with Gasteiger partial charge in [-0.3, -0.25) is 0 Å². The predicted octanol–water partition coefficient (Wildman–Crippen LogP) is 0.0149. The number of rotatable bonds is 3. The van der Waals surface area contributed by atoms with Gasteiger partial charge in [-0.1, -0.05) is 13.8 Å². The molecule has 2 unspecified atom stereocenters. The molecule has 1 saturated heterocycles. The Kier molecular flexibility index (Phi) is 3.98. The summed E-state index contributed by atoms with van der Waals surface area (Å²) in [6.07, 6.45) is -0.155. The van der Waals surface area contributed by atoms with Gasteiger partial charge in [-0.2, -0.15) is 10.4 Å². The van der Waals surface area contributed by atoms with Crippen LogP contribution in [0.5, 0.6) is 0 Å². The largest absolute Gasteiger partial charge is 0.389 e. The molecule has 0 radical (unpaired) electrons. The van der Waals surface area contributed by atoms with Gasteiger partial charge in [0.1, 0.15) is 11.6 Å². The number of nitrogens with zero attached hydrogens (tertiary/aromatic N) is 4. The van der Waals surface area contributed by atoms with E-state index in [0.29, 0.717) is 17.8 Å². The smallest absolute Gasteiger partial charge is 0.169 e. The molecule has 1 fully saturated rings. The lowest BCUT2D eigenvalue weighted by atomic mass is 10.0. The molecule has 2 rings (SSSR count). The summed E-state index contributed by atoms with van der Waals surface area (Å²) in [5.74, 6) is 0.465. The minimum Gasteiger partial charge on any atom is -0.389 e. The third-order valence-electron chi connectivity index (χ3n) is 3.50. The van der Waals surface area contributed by atoms with Crippen LogP contribution in [0.15, 0.2) is 0 Å². The van der Waals surface area contributed by atoms with Gasteiger partial charge >= 0.3 is 0 Å². The lowest BCUT2D eigenvalue weighted by molar-refractivity contribution is 0.0572. The van der Waals surface area contributed by atoms with Crippen LogP contribution >= 0.6 is 0 Å². The van der Waals surface area contributed by atoms with E-state index in [0.717, 1.165) is 17.7 Å². The van der Waals surface area contributed by atoms with Gasteiger partial charge in [-0.05, 0) is 18.4 Å². The van der Waals surface area contributed by atoms with E-state index in [-0.39, 0.29) is 13.1 Å². The Balaban J connectivity index is 2.45. The van der Waals surface area contributed by atoms with E-state index in [2.05, 4.69) is 16.3 Å². The summed E-state index contributed by atoms with van der Waals surface area (Å²) >= 11 is 0. The molecular formula is C13H18N4O2. The predicted molar refractivity (Wildman–Crippen MR) is 69.7 cm³/mol. The van der Waals surface area contributed by atoms with Crippen molar-refractivity contribution in [2.75, 3.05) is 18.0 Å². The van der Waals surface area contributed by atoms with Crippen molar-refractivity contribution in [1.29, 1.82) is 5.26 Å². The molecule has 1 aromatic heterocycles. The van der Waals surface area contributed by atoms with Crippen molar-refractivity contribution in [2.24, 2.45) is 0 Å². The Morgan fingerprint density at radius 1 is 1.21 bits per heavy atom. The first kappa shape index (κ1) is 13.7. The third-order valence-corrected chi connectivity index (χ3v) is 3.50. The summed E-state index contributed by atoms with van der Waals surface area (Å²) in [6.45, 7) is 4.51. The normalized spacial score (nSPS) is 22.6. The second kappa shape index (κ2) is 5.51. The first-order valence-corrected chi connectivity index (χ1v) is 6.51. The summed E-state index contributed by atoms with van der Waals surface area (Å²) in [4.78, 5) is 1.72. The molecule has 19 heavy (non-hydrogen) atoms. The molecule has 6 nitrogen and oxygen atoms in total. The Hall–Kier alpha value is -1.71. The molecule has 102 valence electrons. The lowest BCUT2D eigenvalue weighted by Gasteiger charge is -2.19. The number of nitriles is 1. The highest BCUT2D eigenvalue weighted by molar-refractivity contribution is 5.58. The van der Waals surface area contributed by atoms with Gasteiger partial charge in [0.15, 0.2) is 5.82 Å². The lowest BCUT2D eigenvalue weighted by Crippen LogP contribution is -2.25. The maximum Gasteiger partial charge on any atom is 0.169 e. The second-order valence-corrected chi connectivity index (χ2v) is 4.68. The molecule has 0 aromatic carbocycles. The molecule has 1 aromatic rings. The van der Waals surface area contributed by atoms with Crippen LogP contribution in [0, 0.1) is 11.3 Å². The van der Waals surface area contributed by atoms with E-state index >= 15 is 0 Å². The average molecular weight is 262 g/mol. The van der Waals surface area contributed by atoms with E-state index in [1.165, 1.54) is 0 Å². The second-order valence-electron chi connectivity index (χ2n) is 4.68.